The quantitative estimate of drug-likeness (QED) is 0.117. The van der Waals surface area contributed by atoms with Crippen molar-refractivity contribution in [3.63, 3.8) is 0 Å². The normalized spacial score (nSPS) is 42.6. The summed E-state index contributed by atoms with van der Waals surface area (Å²) >= 11 is 0. The molecule has 0 aliphatic carbocycles. The molecule has 16 nitrogen and oxygen atoms in total. The molecule has 0 aromatic rings. The summed E-state index contributed by atoms with van der Waals surface area (Å²) in [6.45, 7) is -2.64. The second-order valence-corrected chi connectivity index (χ2v) is 7.97. The molecule has 0 saturated carbocycles. The number of carbonyl (C=O) groups excluding carboxylic acids is 1. The number of carbonyl (C=O) groups is 1. The topological polar surface area (TPSA) is 277 Å². The first-order chi connectivity index (χ1) is 16.0. The van der Waals surface area contributed by atoms with Gasteiger partial charge in [-0.1, -0.05) is 0 Å². The highest BCUT2D eigenvalue weighted by Gasteiger charge is 2.51. The fourth-order valence-electron chi connectivity index (χ4n) is 3.60. The molecule has 11 N–H and O–H groups in total. The fourth-order valence-corrected chi connectivity index (χ4v) is 3.60. The Hall–Kier alpha value is -0.930. The smallest absolute Gasteiger partial charge is 0.187 e. The van der Waals surface area contributed by atoms with Gasteiger partial charge in [0.25, 0.3) is 0 Å². The van der Waals surface area contributed by atoms with Crippen molar-refractivity contribution in [2.75, 3.05) is 19.8 Å². The summed E-state index contributed by atoms with van der Waals surface area (Å²) in [5.74, 6) is 0. The zero-order chi connectivity index (χ0) is 25.7. The Kier molecular flexibility index (Phi) is 11.1. The zero-order valence-corrected chi connectivity index (χ0v) is 17.7. The van der Waals surface area contributed by atoms with Crippen LogP contribution in [0.3, 0.4) is 0 Å². The van der Waals surface area contributed by atoms with Crippen LogP contribution in [0.15, 0.2) is 0 Å². The Morgan fingerprint density at radius 2 is 1.32 bits per heavy atom. The third-order valence-corrected chi connectivity index (χ3v) is 5.64. The third-order valence-electron chi connectivity index (χ3n) is 5.64. The molecule has 2 aliphatic rings. The van der Waals surface area contributed by atoms with E-state index in [-0.39, 0.29) is 6.29 Å². The lowest BCUT2D eigenvalue weighted by atomic mass is 9.96. The largest absolute Gasteiger partial charge is 0.394 e. The van der Waals surface area contributed by atoms with Crippen molar-refractivity contribution in [1.29, 1.82) is 0 Å². The minimum Gasteiger partial charge on any atom is -0.394 e. The number of rotatable bonds is 11. The van der Waals surface area contributed by atoms with Gasteiger partial charge in [0.2, 0.25) is 0 Å². The molecule has 2 saturated heterocycles. The van der Waals surface area contributed by atoms with Gasteiger partial charge in [0.15, 0.2) is 18.9 Å². The van der Waals surface area contributed by atoms with Crippen LogP contribution in [0.4, 0.5) is 0 Å². The molecule has 0 unspecified atom stereocenters. The second-order valence-electron chi connectivity index (χ2n) is 7.97. The molecule has 16 heteroatoms. The van der Waals surface area contributed by atoms with E-state index in [4.69, 9.17) is 24.1 Å². The summed E-state index contributed by atoms with van der Waals surface area (Å²) in [5.41, 5.74) is 0. The number of aliphatic hydroxyl groups excluding tert-OH is 11. The summed E-state index contributed by atoms with van der Waals surface area (Å²) in [4.78, 5) is 10.8. The maximum Gasteiger partial charge on any atom is 0.187 e. The average Bonchev–Trinajstić information content (AvgIpc) is 2.84. The average molecular weight is 504 g/mol. The van der Waals surface area contributed by atoms with E-state index >= 15 is 0 Å². The summed E-state index contributed by atoms with van der Waals surface area (Å²) in [5, 5.41) is 108. The lowest BCUT2D eigenvalue weighted by Crippen LogP contribution is -2.65. The summed E-state index contributed by atoms with van der Waals surface area (Å²) in [6.07, 6.45) is -25.4. The van der Waals surface area contributed by atoms with Crippen molar-refractivity contribution in [3.8, 4) is 0 Å². The first-order valence-corrected chi connectivity index (χ1v) is 10.4. The Labute approximate surface area is 192 Å². The monoisotopic (exact) mass is 504 g/mol. The first-order valence-electron chi connectivity index (χ1n) is 10.4. The number of hydrogen-bond acceptors (Lipinski definition) is 16. The van der Waals surface area contributed by atoms with Gasteiger partial charge in [-0.25, -0.2) is 0 Å². The van der Waals surface area contributed by atoms with Gasteiger partial charge in [-0.15, -0.1) is 0 Å². The van der Waals surface area contributed by atoms with E-state index in [1.54, 1.807) is 0 Å². The molecule has 2 rings (SSSR count). The summed E-state index contributed by atoms with van der Waals surface area (Å²) in [6, 6.07) is 0. The molecule has 200 valence electrons. The van der Waals surface area contributed by atoms with E-state index in [1.807, 2.05) is 0 Å². The lowest BCUT2D eigenvalue weighted by molar-refractivity contribution is -0.367. The maximum atomic E-state index is 10.8. The minimum absolute atomic E-state index is 0.0704. The van der Waals surface area contributed by atoms with Crippen LogP contribution >= 0.6 is 0 Å². The SMILES string of the molecule is O=C[C@H](O)[C@@H](O)[C@H](O[C@@H]1O[C@H](CO)[C@H](O[C@@H]2O[C@H](CO)[C@H](O)[C@H](O)[C@H]2O)[C@H](O)[C@H]1O)[C@H](O)CO. The fraction of sp³-hybridized carbons (Fsp3) is 0.944. The van der Waals surface area contributed by atoms with Crippen molar-refractivity contribution in [2.24, 2.45) is 0 Å². The predicted molar refractivity (Wildman–Crippen MR) is 102 cm³/mol. The first kappa shape index (κ1) is 29.3. The molecule has 0 aromatic carbocycles. The van der Waals surface area contributed by atoms with E-state index in [2.05, 4.69) is 0 Å². The van der Waals surface area contributed by atoms with Gasteiger partial charge in [-0.3, -0.25) is 0 Å². The Morgan fingerprint density at radius 1 is 0.765 bits per heavy atom. The van der Waals surface area contributed by atoms with Crippen LogP contribution < -0.4 is 0 Å². The Balaban J connectivity index is 2.17. The summed E-state index contributed by atoms with van der Waals surface area (Å²) < 4.78 is 21.1. The predicted octanol–water partition coefficient (Wildman–Crippen LogP) is -7.73. The molecule has 0 spiro atoms. The molecule has 0 bridgehead atoms. The molecule has 2 aliphatic heterocycles. The summed E-state index contributed by atoms with van der Waals surface area (Å²) in [7, 11) is 0. The molecular weight excluding hydrogens is 472 g/mol. The number of aldehydes is 1. The van der Waals surface area contributed by atoms with Gasteiger partial charge < -0.3 is 79.9 Å². The van der Waals surface area contributed by atoms with Gasteiger partial charge in [0.05, 0.1) is 19.8 Å². The number of hydrogen-bond donors (Lipinski definition) is 11. The van der Waals surface area contributed by atoms with Crippen molar-refractivity contribution in [1.82, 2.24) is 0 Å². The number of aliphatic hydroxyl groups is 11. The van der Waals surface area contributed by atoms with Crippen LogP contribution in [-0.2, 0) is 23.7 Å². The van der Waals surface area contributed by atoms with Gasteiger partial charge in [-0.2, -0.15) is 0 Å². The van der Waals surface area contributed by atoms with E-state index in [9.17, 15) is 55.9 Å². The third kappa shape index (κ3) is 6.25. The van der Waals surface area contributed by atoms with Crippen LogP contribution in [0, 0.1) is 0 Å². The van der Waals surface area contributed by atoms with Crippen molar-refractivity contribution in [3.05, 3.63) is 0 Å². The van der Waals surface area contributed by atoms with E-state index in [1.165, 1.54) is 0 Å². The molecule has 0 radical (unpaired) electrons. The zero-order valence-electron chi connectivity index (χ0n) is 17.7. The lowest BCUT2D eigenvalue weighted by Gasteiger charge is -2.46. The highest BCUT2D eigenvalue weighted by atomic mass is 16.7. The molecule has 34 heavy (non-hydrogen) atoms. The Bertz CT molecular complexity index is 621. The molecule has 2 fully saturated rings. The molecule has 2 heterocycles. The van der Waals surface area contributed by atoms with Crippen LogP contribution in [-0.4, -0.2) is 168 Å². The van der Waals surface area contributed by atoms with Gasteiger partial charge in [0, 0.05) is 0 Å². The van der Waals surface area contributed by atoms with E-state index < -0.39 is 106 Å². The Morgan fingerprint density at radius 3 is 1.85 bits per heavy atom. The van der Waals surface area contributed by atoms with Crippen LogP contribution in [0.2, 0.25) is 0 Å². The molecule has 14 atom stereocenters. The van der Waals surface area contributed by atoms with Crippen LogP contribution in [0.25, 0.3) is 0 Å². The van der Waals surface area contributed by atoms with E-state index in [0.717, 1.165) is 0 Å². The van der Waals surface area contributed by atoms with Gasteiger partial charge in [0.1, 0.15) is 73.2 Å². The van der Waals surface area contributed by atoms with Crippen molar-refractivity contribution < 1.29 is 79.9 Å². The highest BCUT2D eigenvalue weighted by Crippen LogP contribution is 2.30. The van der Waals surface area contributed by atoms with Crippen molar-refractivity contribution in [2.45, 2.75) is 85.8 Å². The number of ether oxygens (including phenoxy) is 4. The van der Waals surface area contributed by atoms with Crippen molar-refractivity contribution >= 4 is 6.29 Å². The molecule has 0 aromatic heterocycles. The van der Waals surface area contributed by atoms with E-state index in [0.29, 0.717) is 0 Å². The van der Waals surface area contributed by atoms with Crippen LogP contribution in [0.1, 0.15) is 0 Å². The molecular formula is C18H32O16. The maximum absolute atomic E-state index is 10.8. The van der Waals surface area contributed by atoms with Gasteiger partial charge in [-0.05, 0) is 0 Å². The molecule has 0 amide bonds. The van der Waals surface area contributed by atoms with Crippen LogP contribution in [0.5, 0.6) is 0 Å². The highest BCUT2D eigenvalue weighted by molar-refractivity contribution is 5.56. The van der Waals surface area contributed by atoms with Gasteiger partial charge >= 0.3 is 0 Å². The second kappa shape index (κ2) is 12.9. The standard InChI is InChI=1S/C18H32O16/c19-1-5(23)9(25)15(6(24)2-20)33-18-14(30)12(28)16(8(4-22)32-18)34-17-13(29)11(27)10(26)7(3-21)31-17/h1,5-18,20-30H,2-4H2/t5-,6+,7+,8+,9+,10-,11-,12+,13+,14+,15+,16-,17-,18-/m0/s1. The minimum atomic E-state index is -2.08.